The molecular formula is C26H37ClF3NO4Si2. The molecule has 1 aliphatic heterocycles. The lowest BCUT2D eigenvalue weighted by Crippen LogP contribution is -2.50. The van der Waals surface area contributed by atoms with Gasteiger partial charge in [0.05, 0.1) is 10.7 Å². The van der Waals surface area contributed by atoms with Crippen LogP contribution in [0.25, 0.3) is 0 Å². The van der Waals surface area contributed by atoms with Gasteiger partial charge in [-0.25, -0.2) is 4.79 Å². The smallest absolute Gasteiger partial charge is 0.445 e. The number of fused-ring (bicyclic) bond motifs is 1. The van der Waals surface area contributed by atoms with Gasteiger partial charge in [0.15, 0.2) is 11.5 Å². The molecule has 11 heteroatoms. The fraction of sp³-hybridized carbons (Fsp3) is 0.654. The first-order valence-corrected chi connectivity index (χ1v) is 18.6. The van der Waals surface area contributed by atoms with E-state index in [1.807, 2.05) is 67.7 Å². The average molecular weight is 576 g/mol. The number of ether oxygens (including phenoxy) is 1. The van der Waals surface area contributed by atoms with Crippen molar-refractivity contribution in [2.45, 2.75) is 102 Å². The van der Waals surface area contributed by atoms with Crippen LogP contribution in [0.5, 0.6) is 11.5 Å². The molecule has 0 unspecified atom stereocenters. The summed E-state index contributed by atoms with van der Waals surface area (Å²) in [5, 5.41) is 1.87. The Morgan fingerprint density at radius 3 is 1.92 bits per heavy atom. The maximum absolute atomic E-state index is 14.7. The van der Waals surface area contributed by atoms with Crippen molar-refractivity contribution in [1.82, 2.24) is 0 Å². The van der Waals surface area contributed by atoms with E-state index < -0.39 is 40.1 Å². The molecule has 1 heterocycles. The summed E-state index contributed by atoms with van der Waals surface area (Å²) in [7, 11) is -5.18. The number of halogens is 4. The van der Waals surface area contributed by atoms with Gasteiger partial charge in [-0.3, -0.25) is 5.32 Å². The summed E-state index contributed by atoms with van der Waals surface area (Å²) in [6.45, 7) is 20.1. The summed E-state index contributed by atoms with van der Waals surface area (Å²) in [5.74, 6) is 4.89. The highest BCUT2D eigenvalue weighted by atomic mass is 35.5. The zero-order chi connectivity index (χ0) is 28.4. The molecule has 0 radical (unpaired) electrons. The third-order valence-electron chi connectivity index (χ3n) is 7.80. The Morgan fingerprint density at radius 1 is 1.00 bits per heavy atom. The van der Waals surface area contributed by atoms with E-state index >= 15 is 0 Å². The standard InChI is InChI=1S/C26H37ClF3NO4Si2/c1-23(2,3)36(7,8)34-20-18(27)15-17-19(21(20)35-37(9,10)24(4,5)6)31-22(32)33-25(17,26(28,29)30)14-13-16-11-12-16/h15-16H,11-12H2,1-10H3,(H,31,32)/t25-/m0/s1. The number of anilines is 1. The van der Waals surface area contributed by atoms with Gasteiger partial charge < -0.3 is 13.6 Å². The average Bonchev–Trinajstić information content (AvgIpc) is 3.51. The SMILES string of the molecule is CC(C)(C)[Si](C)(C)Oc1c(Cl)cc2c(c1O[Si](C)(C)C(C)(C)C)NC(=O)O[C@]2(C#CC1CC1)C(F)(F)F. The topological polar surface area (TPSA) is 56.8 Å². The lowest BCUT2D eigenvalue weighted by Gasteiger charge is -2.42. The highest BCUT2D eigenvalue weighted by molar-refractivity contribution is 6.75. The molecule has 2 aliphatic rings. The molecule has 3 rings (SSSR count). The first-order valence-electron chi connectivity index (χ1n) is 12.4. The quantitative estimate of drug-likeness (QED) is 0.288. The van der Waals surface area contributed by atoms with E-state index in [1.165, 1.54) is 0 Å². The van der Waals surface area contributed by atoms with Crippen molar-refractivity contribution in [1.29, 1.82) is 0 Å². The Bertz CT molecular complexity index is 1160. The molecule has 1 saturated carbocycles. The number of nitrogens with one attached hydrogen (secondary N) is 1. The molecule has 206 valence electrons. The third kappa shape index (κ3) is 5.64. The summed E-state index contributed by atoms with van der Waals surface area (Å²) in [6.07, 6.45) is -4.88. The van der Waals surface area contributed by atoms with Gasteiger partial charge in [-0.1, -0.05) is 59.1 Å². The van der Waals surface area contributed by atoms with Crippen molar-refractivity contribution >= 4 is 40.0 Å². The molecule has 1 amide bonds. The highest BCUT2D eigenvalue weighted by Crippen LogP contribution is 2.56. The summed E-state index contributed by atoms with van der Waals surface area (Å²) in [4.78, 5) is 12.7. The van der Waals surface area contributed by atoms with Gasteiger partial charge in [0.25, 0.3) is 22.2 Å². The second kappa shape index (κ2) is 9.13. The van der Waals surface area contributed by atoms with Gasteiger partial charge in [-0.2, -0.15) is 13.2 Å². The van der Waals surface area contributed by atoms with Crippen molar-refractivity contribution in [3.63, 3.8) is 0 Å². The monoisotopic (exact) mass is 575 g/mol. The lowest BCUT2D eigenvalue weighted by molar-refractivity contribution is -0.239. The van der Waals surface area contributed by atoms with Crippen molar-refractivity contribution in [3.8, 4) is 23.3 Å². The summed E-state index contributed by atoms with van der Waals surface area (Å²) in [6, 6.07) is 1.15. The molecule has 0 bridgehead atoms. The van der Waals surface area contributed by atoms with E-state index in [0.717, 1.165) is 6.07 Å². The number of rotatable bonds is 4. The number of carbonyl (C=O) groups is 1. The Balaban J connectivity index is 2.38. The van der Waals surface area contributed by atoms with Crippen LogP contribution >= 0.6 is 11.6 Å². The second-order valence-corrected chi connectivity index (χ2v) is 22.8. The van der Waals surface area contributed by atoms with Gasteiger partial charge in [0.2, 0.25) is 0 Å². The van der Waals surface area contributed by atoms with Crippen LogP contribution in [0.2, 0.25) is 41.3 Å². The molecular weight excluding hydrogens is 539 g/mol. The van der Waals surface area contributed by atoms with Gasteiger partial charge in [-0.05, 0) is 61.1 Å². The highest BCUT2D eigenvalue weighted by Gasteiger charge is 2.63. The normalized spacial score (nSPS) is 20.8. The van der Waals surface area contributed by atoms with E-state index in [-0.39, 0.29) is 38.2 Å². The fourth-order valence-electron chi connectivity index (χ4n) is 3.15. The maximum Gasteiger partial charge on any atom is 0.445 e. The number of carbonyl (C=O) groups excluding carboxylic acids is 1. The van der Waals surface area contributed by atoms with Crippen LogP contribution in [-0.2, 0) is 10.3 Å². The van der Waals surface area contributed by atoms with Gasteiger partial charge in [0.1, 0.15) is 0 Å². The number of benzene rings is 1. The molecule has 1 aliphatic carbocycles. The van der Waals surface area contributed by atoms with Crippen LogP contribution in [0.4, 0.5) is 23.7 Å². The van der Waals surface area contributed by atoms with Crippen LogP contribution < -0.4 is 14.2 Å². The minimum Gasteiger partial charge on any atom is -0.540 e. The third-order valence-corrected chi connectivity index (χ3v) is 16.7. The van der Waals surface area contributed by atoms with E-state index in [4.69, 9.17) is 25.2 Å². The minimum absolute atomic E-state index is 0.00239. The van der Waals surface area contributed by atoms with Gasteiger partial charge in [0, 0.05) is 11.5 Å². The van der Waals surface area contributed by atoms with Crippen molar-refractivity contribution in [2.75, 3.05) is 5.32 Å². The zero-order valence-corrected chi connectivity index (χ0v) is 26.0. The van der Waals surface area contributed by atoms with Crippen molar-refractivity contribution in [3.05, 3.63) is 16.7 Å². The fourth-order valence-corrected chi connectivity index (χ4v) is 5.48. The number of hydrogen-bond acceptors (Lipinski definition) is 4. The molecule has 5 nitrogen and oxygen atoms in total. The Labute approximate surface area is 225 Å². The van der Waals surface area contributed by atoms with E-state index in [2.05, 4.69) is 17.2 Å². The first kappa shape index (κ1) is 29.7. The molecule has 37 heavy (non-hydrogen) atoms. The van der Waals surface area contributed by atoms with E-state index in [0.29, 0.717) is 12.8 Å². The van der Waals surface area contributed by atoms with Crippen LogP contribution in [0.15, 0.2) is 6.07 Å². The van der Waals surface area contributed by atoms with Crippen LogP contribution in [0, 0.1) is 17.8 Å². The Kier molecular flexibility index (Phi) is 7.33. The minimum atomic E-state index is -5.03. The molecule has 0 spiro atoms. The molecule has 1 atom stereocenters. The predicted octanol–water partition coefficient (Wildman–Crippen LogP) is 8.84. The largest absolute Gasteiger partial charge is 0.540 e. The summed E-state index contributed by atoms with van der Waals surface area (Å²) < 4.78 is 62.3. The molecule has 1 N–H and O–H groups in total. The van der Waals surface area contributed by atoms with Gasteiger partial charge >= 0.3 is 12.3 Å². The number of amides is 1. The number of cyclic esters (lactones) is 1. The molecule has 1 fully saturated rings. The van der Waals surface area contributed by atoms with Gasteiger partial charge in [-0.15, -0.1) is 0 Å². The Hall–Kier alpha value is -1.84. The lowest BCUT2D eigenvalue weighted by atomic mass is 9.89. The Morgan fingerprint density at radius 2 is 1.49 bits per heavy atom. The van der Waals surface area contributed by atoms with Crippen molar-refractivity contribution < 1.29 is 31.6 Å². The zero-order valence-electron chi connectivity index (χ0n) is 23.2. The van der Waals surface area contributed by atoms with Crippen molar-refractivity contribution in [2.24, 2.45) is 5.92 Å². The summed E-state index contributed by atoms with van der Waals surface area (Å²) in [5.41, 5.74) is -3.76. The molecule has 0 saturated heterocycles. The predicted molar refractivity (Wildman–Crippen MR) is 145 cm³/mol. The molecule has 1 aromatic rings. The van der Waals surface area contributed by atoms with E-state index in [9.17, 15) is 18.0 Å². The van der Waals surface area contributed by atoms with E-state index in [1.54, 1.807) is 0 Å². The number of alkyl halides is 3. The molecule has 0 aromatic heterocycles. The number of hydrogen-bond donors (Lipinski definition) is 1. The molecule has 1 aromatic carbocycles. The van der Waals surface area contributed by atoms with Crippen LogP contribution in [0.3, 0.4) is 0 Å². The summed E-state index contributed by atoms with van der Waals surface area (Å²) >= 11 is 6.70. The van der Waals surface area contributed by atoms with Crippen LogP contribution in [0.1, 0.15) is 59.9 Å². The second-order valence-electron chi connectivity index (χ2n) is 12.9. The first-order chi connectivity index (χ1) is 16.5. The van der Waals surface area contributed by atoms with Crippen LogP contribution in [-0.4, -0.2) is 28.9 Å². The maximum atomic E-state index is 14.7.